The van der Waals surface area contributed by atoms with Gasteiger partial charge in [0.25, 0.3) is 5.91 Å². The van der Waals surface area contributed by atoms with Crippen molar-refractivity contribution in [3.63, 3.8) is 0 Å². The van der Waals surface area contributed by atoms with Gasteiger partial charge in [0.2, 0.25) is 0 Å². The average molecular weight is 177 g/mol. The smallest absolute Gasteiger partial charge is 0.298 e. The van der Waals surface area contributed by atoms with Gasteiger partial charge in [0, 0.05) is 13.2 Å². The Balaban J connectivity index is 2.54. The quantitative estimate of drug-likeness (QED) is 0.664. The zero-order chi connectivity index (χ0) is 9.68. The Morgan fingerprint density at radius 3 is 3.08 bits per heavy atom. The summed E-state index contributed by atoms with van der Waals surface area (Å²) in [5.41, 5.74) is 0.897. The van der Waals surface area contributed by atoms with Gasteiger partial charge in [0.15, 0.2) is 0 Å². The molecule has 0 saturated carbocycles. The van der Waals surface area contributed by atoms with E-state index in [-0.39, 0.29) is 5.91 Å². The molecule has 0 aliphatic carbocycles. The van der Waals surface area contributed by atoms with Crippen LogP contribution in [0.15, 0.2) is 12.3 Å². The van der Waals surface area contributed by atoms with Gasteiger partial charge in [-0.05, 0) is 18.9 Å². The van der Waals surface area contributed by atoms with Crippen molar-refractivity contribution in [2.75, 3.05) is 7.05 Å². The third kappa shape index (κ3) is 2.64. The Morgan fingerprint density at radius 1 is 1.77 bits per heavy atom. The third-order valence-corrected chi connectivity index (χ3v) is 1.54. The number of H-pyrrole nitrogens is 1. The lowest BCUT2D eigenvalue weighted by molar-refractivity contribution is -0.124. The molecule has 4 nitrogen and oxygen atoms in total. The number of amides is 1. The van der Waals surface area contributed by atoms with Crippen LogP contribution in [0.25, 0.3) is 0 Å². The molecule has 0 spiro atoms. The molecule has 1 N–H and O–H groups in total. The fourth-order valence-corrected chi connectivity index (χ4v) is 0.902. The molecule has 1 rings (SSSR count). The van der Waals surface area contributed by atoms with Gasteiger partial charge in [0.05, 0.1) is 12.2 Å². The highest BCUT2D eigenvalue weighted by molar-refractivity contribution is 5.93. The van der Waals surface area contributed by atoms with Crippen molar-refractivity contribution in [1.29, 1.82) is 0 Å². The molecule has 0 aliphatic rings. The first kappa shape index (κ1) is 9.33. The molecule has 13 heavy (non-hydrogen) atoms. The van der Waals surface area contributed by atoms with E-state index in [0.29, 0.717) is 6.54 Å². The molecule has 0 bridgehead atoms. The van der Waals surface area contributed by atoms with E-state index in [2.05, 4.69) is 22.0 Å². The molecule has 0 aromatic carbocycles. The molecule has 68 valence electrons. The number of hydrogen-bond acceptors (Lipinski definition) is 2. The number of aromatic amines is 1. The molecule has 1 aromatic rings. The summed E-state index contributed by atoms with van der Waals surface area (Å²) in [6.45, 7) is 2.15. The molecular weight excluding hydrogens is 166 g/mol. The van der Waals surface area contributed by atoms with Gasteiger partial charge in [0.1, 0.15) is 0 Å². The highest BCUT2D eigenvalue weighted by Crippen LogP contribution is 1.97. The van der Waals surface area contributed by atoms with Gasteiger partial charge in [-0.15, -0.1) is 0 Å². The minimum Gasteiger partial charge on any atom is -0.329 e. The van der Waals surface area contributed by atoms with Crippen molar-refractivity contribution in [3.8, 4) is 11.8 Å². The topological polar surface area (TPSA) is 49.0 Å². The lowest BCUT2D eigenvalue weighted by atomic mass is 10.4. The maximum absolute atomic E-state index is 11.2. The molecule has 4 heteroatoms. The van der Waals surface area contributed by atoms with Crippen molar-refractivity contribution in [2.45, 2.75) is 13.5 Å². The molecule has 0 fully saturated rings. The van der Waals surface area contributed by atoms with E-state index in [4.69, 9.17) is 0 Å². The summed E-state index contributed by atoms with van der Waals surface area (Å²) in [7, 11) is 1.70. The number of hydrogen-bond donors (Lipinski definition) is 1. The zero-order valence-corrected chi connectivity index (χ0v) is 7.66. The van der Waals surface area contributed by atoms with Crippen LogP contribution in [0.5, 0.6) is 0 Å². The Kier molecular flexibility index (Phi) is 3.09. The van der Waals surface area contributed by atoms with E-state index in [0.717, 1.165) is 5.69 Å². The van der Waals surface area contributed by atoms with E-state index in [9.17, 15) is 4.79 Å². The SMILES string of the molecule is CC#CC(=O)N(C)Cc1ccn[nH]1. The highest BCUT2D eigenvalue weighted by atomic mass is 16.2. The molecule has 1 aromatic heterocycles. The van der Waals surface area contributed by atoms with Crippen molar-refractivity contribution in [2.24, 2.45) is 0 Å². The molecule has 1 heterocycles. The predicted molar refractivity (Wildman–Crippen MR) is 48.5 cm³/mol. The molecule has 0 unspecified atom stereocenters. The van der Waals surface area contributed by atoms with Gasteiger partial charge < -0.3 is 4.90 Å². The lowest BCUT2D eigenvalue weighted by Crippen LogP contribution is -2.24. The van der Waals surface area contributed by atoms with Gasteiger partial charge in [-0.2, -0.15) is 5.10 Å². The van der Waals surface area contributed by atoms with Crippen LogP contribution in [-0.2, 0) is 11.3 Å². The van der Waals surface area contributed by atoms with E-state index >= 15 is 0 Å². The number of carbonyl (C=O) groups excluding carboxylic acids is 1. The van der Waals surface area contributed by atoms with Crippen LogP contribution >= 0.6 is 0 Å². The minimum absolute atomic E-state index is 0.183. The number of nitrogens with one attached hydrogen (secondary N) is 1. The van der Waals surface area contributed by atoms with Gasteiger partial charge in [-0.25, -0.2) is 0 Å². The Labute approximate surface area is 76.9 Å². The summed E-state index contributed by atoms with van der Waals surface area (Å²) in [4.78, 5) is 12.7. The number of rotatable bonds is 2. The molecular formula is C9H11N3O. The van der Waals surface area contributed by atoms with Crippen molar-refractivity contribution < 1.29 is 4.79 Å². The average Bonchev–Trinajstić information content (AvgIpc) is 2.57. The first-order valence-corrected chi connectivity index (χ1v) is 3.90. The second-order valence-electron chi connectivity index (χ2n) is 2.62. The standard InChI is InChI=1S/C9H11N3O/c1-3-4-9(13)12(2)7-8-5-6-10-11-8/h5-6H,7H2,1-2H3,(H,10,11). The molecule has 1 amide bonds. The van der Waals surface area contributed by atoms with Crippen molar-refractivity contribution in [3.05, 3.63) is 18.0 Å². The third-order valence-electron chi connectivity index (χ3n) is 1.54. The maximum atomic E-state index is 11.2. The van der Waals surface area contributed by atoms with Crippen molar-refractivity contribution >= 4 is 5.91 Å². The summed E-state index contributed by atoms with van der Waals surface area (Å²) in [5, 5.41) is 6.55. The number of carbonyl (C=O) groups is 1. The van der Waals surface area contributed by atoms with Crippen LogP contribution in [0.1, 0.15) is 12.6 Å². The first-order valence-electron chi connectivity index (χ1n) is 3.90. The van der Waals surface area contributed by atoms with Gasteiger partial charge >= 0.3 is 0 Å². The second kappa shape index (κ2) is 4.31. The van der Waals surface area contributed by atoms with E-state index in [1.807, 2.05) is 6.07 Å². The predicted octanol–water partition coefficient (Wildman–Crippen LogP) is 0.391. The van der Waals surface area contributed by atoms with Crippen LogP contribution in [0.4, 0.5) is 0 Å². The lowest BCUT2D eigenvalue weighted by Gasteiger charge is -2.11. The van der Waals surface area contributed by atoms with Crippen LogP contribution in [0.2, 0.25) is 0 Å². The van der Waals surface area contributed by atoms with Gasteiger partial charge in [-0.3, -0.25) is 9.89 Å². The van der Waals surface area contributed by atoms with Crippen LogP contribution in [-0.4, -0.2) is 28.1 Å². The molecule has 0 radical (unpaired) electrons. The first-order chi connectivity index (χ1) is 6.24. The number of nitrogens with zero attached hydrogens (tertiary/aromatic N) is 2. The zero-order valence-electron chi connectivity index (χ0n) is 7.66. The summed E-state index contributed by atoms with van der Waals surface area (Å²) in [6, 6.07) is 1.82. The van der Waals surface area contributed by atoms with E-state index in [1.54, 1.807) is 20.2 Å². The highest BCUT2D eigenvalue weighted by Gasteiger charge is 2.05. The van der Waals surface area contributed by atoms with Crippen LogP contribution in [0, 0.1) is 11.8 Å². The number of aromatic nitrogens is 2. The van der Waals surface area contributed by atoms with Gasteiger partial charge in [-0.1, -0.05) is 5.92 Å². The fraction of sp³-hybridized carbons (Fsp3) is 0.333. The fourth-order valence-electron chi connectivity index (χ4n) is 0.902. The molecule has 0 saturated heterocycles. The molecule has 0 atom stereocenters. The second-order valence-corrected chi connectivity index (χ2v) is 2.62. The summed E-state index contributed by atoms with van der Waals surface area (Å²) >= 11 is 0. The summed E-state index contributed by atoms with van der Waals surface area (Å²) < 4.78 is 0. The minimum atomic E-state index is -0.183. The van der Waals surface area contributed by atoms with E-state index in [1.165, 1.54) is 4.90 Å². The Bertz CT molecular complexity index is 331. The van der Waals surface area contributed by atoms with E-state index < -0.39 is 0 Å². The van der Waals surface area contributed by atoms with Crippen LogP contribution in [0.3, 0.4) is 0 Å². The maximum Gasteiger partial charge on any atom is 0.298 e. The Morgan fingerprint density at radius 2 is 2.54 bits per heavy atom. The normalized spacial score (nSPS) is 8.77. The summed E-state index contributed by atoms with van der Waals surface area (Å²) in [6.07, 6.45) is 1.65. The Hall–Kier alpha value is -1.76. The van der Waals surface area contributed by atoms with Crippen molar-refractivity contribution in [1.82, 2.24) is 15.1 Å². The van der Waals surface area contributed by atoms with Crippen LogP contribution < -0.4 is 0 Å². The molecule has 0 aliphatic heterocycles. The summed E-state index contributed by atoms with van der Waals surface area (Å²) in [5.74, 6) is 4.84. The monoisotopic (exact) mass is 177 g/mol. The largest absolute Gasteiger partial charge is 0.329 e.